The minimum absolute atomic E-state index is 0.00637. The number of terminal acetylenes is 1. The van der Waals surface area contributed by atoms with E-state index in [1.165, 1.54) is 6.07 Å². The molecule has 79 heavy (non-hydrogen) atoms. The van der Waals surface area contributed by atoms with Crippen LogP contribution in [0.4, 0.5) is 25.1 Å². The maximum atomic E-state index is 17.5. The van der Waals surface area contributed by atoms with E-state index >= 15 is 8.78 Å². The number of aryl methyl sites for hydroxylation is 2. The number of carbonyl (C=O) groups is 3. The van der Waals surface area contributed by atoms with E-state index in [1.54, 1.807) is 18.2 Å². The van der Waals surface area contributed by atoms with Crippen LogP contribution in [-0.2, 0) is 32.5 Å². The van der Waals surface area contributed by atoms with Crippen LogP contribution in [0.2, 0.25) is 0 Å². The van der Waals surface area contributed by atoms with Crippen molar-refractivity contribution in [3.63, 3.8) is 0 Å². The highest BCUT2D eigenvalue weighted by Gasteiger charge is 2.50. The van der Waals surface area contributed by atoms with Gasteiger partial charge >= 0.3 is 12.1 Å². The van der Waals surface area contributed by atoms with Crippen molar-refractivity contribution in [1.82, 2.24) is 44.7 Å². The second kappa shape index (κ2) is 20.6. The Bertz CT molecular complexity index is 3460. The molecule has 7 aliphatic heterocycles. The van der Waals surface area contributed by atoms with Gasteiger partial charge in [0.2, 0.25) is 11.8 Å². The molecule has 6 aromatic rings. The van der Waals surface area contributed by atoms with Crippen LogP contribution in [0, 0.1) is 29.4 Å². The molecule has 3 amide bonds. The molecule has 1 unspecified atom stereocenters. The number of anilines is 2. The number of carbonyl (C=O) groups excluding carboxylic acids is 3. The number of fused-ring (bicyclic) bond motifs is 5. The summed E-state index contributed by atoms with van der Waals surface area (Å²) >= 11 is 0. The van der Waals surface area contributed by atoms with E-state index in [4.69, 9.17) is 40.7 Å². The molecule has 19 heteroatoms. The van der Waals surface area contributed by atoms with E-state index in [2.05, 4.69) is 56.0 Å². The van der Waals surface area contributed by atoms with Gasteiger partial charge in [0.05, 0.1) is 52.0 Å². The molecule has 0 spiro atoms. The normalized spacial score (nSPS) is 24.5. The summed E-state index contributed by atoms with van der Waals surface area (Å²) in [7, 11) is 1.91. The molecule has 13 rings (SSSR count). The summed E-state index contributed by atoms with van der Waals surface area (Å²) in [4.78, 5) is 64.6. The molecular weight excluding hydrogens is 1010 g/mol. The monoisotopic (exact) mass is 1080 g/mol. The Labute approximate surface area is 457 Å². The number of rotatable bonds is 10. The smallest absolute Gasteiger partial charge is 0.409 e. The molecule has 0 radical (unpaired) electrons. The zero-order valence-electron chi connectivity index (χ0n) is 45.1. The van der Waals surface area contributed by atoms with Gasteiger partial charge in [0.1, 0.15) is 36.1 Å². The van der Waals surface area contributed by atoms with E-state index < -0.39 is 17.6 Å². The number of imide groups is 1. The summed E-state index contributed by atoms with van der Waals surface area (Å²) in [5.74, 6) is 0.947. The fourth-order valence-electron chi connectivity index (χ4n) is 14.2. The van der Waals surface area contributed by atoms with Crippen molar-refractivity contribution < 1.29 is 37.4 Å². The van der Waals surface area contributed by atoms with Crippen molar-refractivity contribution in [3.8, 4) is 29.6 Å². The molecule has 10 heterocycles. The van der Waals surface area contributed by atoms with Crippen molar-refractivity contribution in [2.75, 3.05) is 95.1 Å². The van der Waals surface area contributed by atoms with Gasteiger partial charge < -0.3 is 28.9 Å². The van der Waals surface area contributed by atoms with E-state index in [1.807, 2.05) is 22.7 Å². The average Bonchev–Trinajstić information content (AvgIpc) is 4.28. The number of ether oxygens (including phenoxy) is 3. The Morgan fingerprint density at radius 3 is 2.58 bits per heavy atom. The largest absolute Gasteiger partial charge is 0.461 e. The second-order valence-corrected chi connectivity index (χ2v) is 23.4. The first-order valence-electron chi connectivity index (χ1n) is 28.4. The Morgan fingerprint density at radius 1 is 0.911 bits per heavy atom. The number of likely N-dealkylation sites (tertiary alicyclic amines) is 1. The SMILES string of the molecule is C#Cc1c(F)ccc2cccc(-c3nc4c5c(nc(OC[C@@]67CCCN6[C@H](COC(=O)N6CCC(C)(CN8CCN(c9ccc%10c(C%11CCC(=O)NC%11=O)nn(C)c%10c9)CC8)CC6)CC7)nc5c3F)N3CCCOC[C@@H]3CC4)c12. The van der Waals surface area contributed by atoms with Gasteiger partial charge in [0.25, 0.3) is 0 Å². The maximum absolute atomic E-state index is 17.5. The van der Waals surface area contributed by atoms with Gasteiger partial charge in [-0.05, 0) is 106 Å². The molecule has 7 aliphatic rings. The van der Waals surface area contributed by atoms with E-state index in [0.29, 0.717) is 105 Å². The fraction of sp³-hybridized carbons (Fsp3) is 0.517. The first-order chi connectivity index (χ1) is 38.4. The van der Waals surface area contributed by atoms with Crippen molar-refractivity contribution >= 4 is 62.0 Å². The molecule has 3 aromatic heterocycles. The van der Waals surface area contributed by atoms with Crippen LogP contribution in [0.15, 0.2) is 48.5 Å². The van der Waals surface area contributed by atoms with Crippen LogP contribution in [0.25, 0.3) is 43.8 Å². The molecule has 1 N–H and O–H groups in total. The number of amides is 3. The third-order valence-electron chi connectivity index (χ3n) is 18.5. The van der Waals surface area contributed by atoms with Crippen molar-refractivity contribution in [2.24, 2.45) is 12.5 Å². The number of halogens is 2. The van der Waals surface area contributed by atoms with E-state index in [0.717, 1.165) is 106 Å². The third kappa shape index (κ3) is 9.36. The number of pyridine rings is 1. The van der Waals surface area contributed by atoms with Gasteiger partial charge in [-0.15, -0.1) is 6.42 Å². The molecule has 0 aliphatic carbocycles. The number of aromatic nitrogens is 5. The highest BCUT2D eigenvalue weighted by molar-refractivity contribution is 6.04. The maximum Gasteiger partial charge on any atom is 0.409 e. The number of hydrogen-bond donors (Lipinski definition) is 1. The molecule has 3 aromatic carbocycles. The van der Waals surface area contributed by atoms with Crippen LogP contribution >= 0.6 is 0 Å². The standard InChI is InChI=1S/C60H67F2N11O6/c1-4-41-45(61)15-10-37-8-5-9-43(49(37)41)53-51(62)54-50-46(63-53)16-12-39-33-77-31-7-23-72(39)55(50)66-57(65-54)79-36-60-19-6-24-73(60)40(18-20-60)34-78-58(76)71-25-21-59(2,22-26-71)35-69-27-29-70(30-28-69)38-11-13-42-47(32-38)68(3)67-52(42)44-14-17-48(74)64-56(44)75/h1,5,8-11,13,15,32,39-40,44H,6-7,12,14,16-31,33-36H2,2-3H3,(H,64,74,75)/t39-,40-,44?,60-/m0/s1. The predicted octanol–water partition coefficient (Wildman–Crippen LogP) is 7.49. The highest BCUT2D eigenvalue weighted by atomic mass is 19.1. The summed E-state index contributed by atoms with van der Waals surface area (Å²) in [5, 5.41) is 9.81. The molecular formula is C60H67F2N11O6. The zero-order valence-corrected chi connectivity index (χ0v) is 45.1. The number of nitrogens with one attached hydrogen (secondary N) is 1. The van der Waals surface area contributed by atoms with Gasteiger partial charge in [0, 0.05) is 100 Å². The second-order valence-electron chi connectivity index (χ2n) is 23.4. The zero-order chi connectivity index (χ0) is 54.2. The topological polar surface area (TPSA) is 164 Å². The average molecular weight is 1080 g/mol. The van der Waals surface area contributed by atoms with Crippen molar-refractivity contribution in [1.29, 1.82) is 0 Å². The number of nitrogens with zero attached hydrogens (tertiary/aromatic N) is 10. The Hall–Kier alpha value is -7.01. The van der Waals surface area contributed by atoms with Crippen LogP contribution < -0.4 is 19.9 Å². The molecule has 17 nitrogen and oxygen atoms in total. The number of piperazine rings is 1. The Kier molecular flexibility index (Phi) is 13.4. The van der Waals surface area contributed by atoms with Gasteiger partial charge in [-0.25, -0.2) is 18.6 Å². The van der Waals surface area contributed by atoms with Gasteiger partial charge in [0.15, 0.2) is 5.82 Å². The van der Waals surface area contributed by atoms with Gasteiger partial charge in [-0.1, -0.05) is 37.1 Å². The summed E-state index contributed by atoms with van der Waals surface area (Å²) in [5.41, 5.74) is 3.87. The van der Waals surface area contributed by atoms with Crippen molar-refractivity contribution in [2.45, 2.75) is 101 Å². The van der Waals surface area contributed by atoms with Crippen LogP contribution in [0.3, 0.4) is 0 Å². The van der Waals surface area contributed by atoms with Crippen LogP contribution in [0.5, 0.6) is 6.01 Å². The summed E-state index contributed by atoms with van der Waals surface area (Å²) in [6, 6.07) is 14.8. The van der Waals surface area contributed by atoms with E-state index in [-0.39, 0.29) is 63.7 Å². The Morgan fingerprint density at radius 2 is 1.76 bits per heavy atom. The first kappa shape index (κ1) is 51.4. The first-order valence-corrected chi connectivity index (χ1v) is 28.4. The summed E-state index contributed by atoms with van der Waals surface area (Å²) in [6.07, 6.45) is 13.8. The third-order valence-corrected chi connectivity index (χ3v) is 18.5. The number of hydrogen-bond acceptors (Lipinski definition) is 14. The molecule has 412 valence electrons. The van der Waals surface area contributed by atoms with Gasteiger partial charge in [-0.3, -0.25) is 29.4 Å². The van der Waals surface area contributed by atoms with Gasteiger partial charge in [-0.2, -0.15) is 15.1 Å². The van der Waals surface area contributed by atoms with Crippen LogP contribution in [0.1, 0.15) is 94.0 Å². The molecule has 0 saturated carbocycles. The number of benzene rings is 3. The van der Waals surface area contributed by atoms with Crippen LogP contribution in [-0.4, -0.2) is 160 Å². The highest BCUT2D eigenvalue weighted by Crippen LogP contribution is 2.45. The molecule has 6 saturated heterocycles. The lowest BCUT2D eigenvalue weighted by atomic mass is 9.80. The number of piperidine rings is 2. The lowest BCUT2D eigenvalue weighted by Gasteiger charge is -2.44. The molecule has 6 fully saturated rings. The minimum atomic E-state index is -0.643. The fourth-order valence-corrected chi connectivity index (χ4v) is 14.2. The quantitative estimate of drug-likeness (QED) is 0.106. The lowest BCUT2D eigenvalue weighted by molar-refractivity contribution is -0.134. The molecule has 4 atom stereocenters. The summed E-state index contributed by atoms with van der Waals surface area (Å²) < 4.78 is 53.4. The predicted molar refractivity (Wildman–Crippen MR) is 295 cm³/mol. The van der Waals surface area contributed by atoms with Crippen molar-refractivity contribution in [3.05, 3.63) is 77.1 Å². The summed E-state index contributed by atoms with van der Waals surface area (Å²) in [6.45, 7) is 11.5. The Balaban J connectivity index is 0.640. The van der Waals surface area contributed by atoms with E-state index in [9.17, 15) is 14.4 Å². The minimum Gasteiger partial charge on any atom is -0.461 e. The molecule has 0 bridgehead atoms. The lowest BCUT2D eigenvalue weighted by Crippen LogP contribution is -2.52.